The fourth-order valence-electron chi connectivity index (χ4n) is 1.66. The lowest BCUT2D eigenvalue weighted by Gasteiger charge is -2.18. The van der Waals surface area contributed by atoms with Crippen LogP contribution in [-0.2, 0) is 0 Å². The highest BCUT2D eigenvalue weighted by atomic mass is 14.9. The van der Waals surface area contributed by atoms with Gasteiger partial charge in [-0.05, 0) is 31.7 Å². The molecule has 90 valence electrons. The summed E-state index contributed by atoms with van der Waals surface area (Å²) < 4.78 is 0. The van der Waals surface area contributed by atoms with Crippen LogP contribution in [-0.4, -0.2) is 16.5 Å². The van der Waals surface area contributed by atoms with Crippen LogP contribution in [0.2, 0.25) is 0 Å². The Morgan fingerprint density at radius 2 is 2.06 bits per heavy atom. The van der Waals surface area contributed by atoms with Gasteiger partial charge in [-0.3, -0.25) is 9.97 Å². The lowest BCUT2D eigenvalue weighted by molar-refractivity contribution is 0.433. The Morgan fingerprint density at radius 1 is 1.25 bits per heavy atom. The van der Waals surface area contributed by atoms with Gasteiger partial charge in [0.05, 0.1) is 11.7 Å². The van der Waals surface area contributed by atoms with Crippen LogP contribution >= 0.6 is 0 Å². The van der Waals surface area contributed by atoms with Crippen LogP contribution in [0.4, 0.5) is 0 Å². The summed E-state index contributed by atoms with van der Waals surface area (Å²) in [7, 11) is 0. The van der Waals surface area contributed by atoms with Crippen molar-refractivity contribution >= 4 is 0 Å². The van der Waals surface area contributed by atoms with Crippen LogP contribution in [0.15, 0.2) is 18.6 Å². The Balaban J connectivity index is 2.56. The van der Waals surface area contributed by atoms with E-state index >= 15 is 0 Å². The van der Waals surface area contributed by atoms with E-state index < -0.39 is 0 Å². The Kier molecular flexibility index (Phi) is 6.01. The largest absolute Gasteiger partial charge is 0.309 e. The van der Waals surface area contributed by atoms with Crippen molar-refractivity contribution in [1.82, 2.24) is 15.3 Å². The zero-order chi connectivity index (χ0) is 11.8. The average Bonchev–Trinajstić information content (AvgIpc) is 2.30. The van der Waals surface area contributed by atoms with Gasteiger partial charge in [0.25, 0.3) is 0 Å². The fraction of sp³-hybridized carbons (Fsp3) is 0.692. The highest BCUT2D eigenvalue weighted by Crippen LogP contribution is 2.18. The summed E-state index contributed by atoms with van der Waals surface area (Å²) in [6.45, 7) is 7.74. The summed E-state index contributed by atoms with van der Waals surface area (Å²) in [5.41, 5.74) is 1.07. The van der Waals surface area contributed by atoms with Gasteiger partial charge in [0.2, 0.25) is 0 Å². The van der Waals surface area contributed by atoms with Gasteiger partial charge in [0.1, 0.15) is 0 Å². The molecule has 0 radical (unpaired) electrons. The van der Waals surface area contributed by atoms with Crippen LogP contribution < -0.4 is 5.32 Å². The minimum Gasteiger partial charge on any atom is -0.309 e. The molecule has 0 bridgehead atoms. The van der Waals surface area contributed by atoms with Gasteiger partial charge >= 0.3 is 0 Å². The Labute approximate surface area is 98.7 Å². The molecule has 0 fully saturated rings. The first kappa shape index (κ1) is 13.1. The Morgan fingerprint density at radius 3 is 2.62 bits per heavy atom. The number of hydrogen-bond acceptors (Lipinski definition) is 3. The summed E-state index contributed by atoms with van der Waals surface area (Å²) in [6.07, 6.45) is 8.87. The van der Waals surface area contributed by atoms with Crippen LogP contribution in [0.1, 0.15) is 51.8 Å². The van der Waals surface area contributed by atoms with Crippen molar-refractivity contribution < 1.29 is 0 Å². The minimum absolute atomic E-state index is 0.357. The number of aromatic nitrogens is 2. The van der Waals surface area contributed by atoms with Crippen molar-refractivity contribution in [2.45, 2.75) is 46.1 Å². The molecule has 1 aromatic rings. The molecule has 0 saturated carbocycles. The molecule has 0 saturated heterocycles. The molecular formula is C13H23N3. The summed E-state index contributed by atoms with van der Waals surface area (Å²) in [5, 5.41) is 3.54. The lowest BCUT2D eigenvalue weighted by atomic mass is 10.0. The second kappa shape index (κ2) is 7.34. The first-order valence-electron chi connectivity index (χ1n) is 6.23. The molecular weight excluding hydrogens is 198 g/mol. The van der Waals surface area contributed by atoms with E-state index in [0.29, 0.717) is 6.04 Å². The topological polar surface area (TPSA) is 37.8 Å². The maximum Gasteiger partial charge on any atom is 0.0756 e. The monoisotopic (exact) mass is 221 g/mol. The third-order valence-electron chi connectivity index (χ3n) is 2.61. The molecule has 0 amide bonds. The van der Waals surface area contributed by atoms with E-state index in [1.165, 1.54) is 6.42 Å². The van der Waals surface area contributed by atoms with Crippen molar-refractivity contribution in [2.24, 2.45) is 5.92 Å². The number of hydrogen-bond donors (Lipinski definition) is 1. The summed E-state index contributed by atoms with van der Waals surface area (Å²) in [5.74, 6) is 0.739. The first-order chi connectivity index (χ1) is 7.74. The van der Waals surface area contributed by atoms with Gasteiger partial charge in [-0.2, -0.15) is 0 Å². The summed E-state index contributed by atoms with van der Waals surface area (Å²) in [4.78, 5) is 8.52. The van der Waals surface area contributed by atoms with E-state index in [9.17, 15) is 0 Å². The molecule has 1 aromatic heterocycles. The Bertz CT molecular complexity index is 272. The molecule has 1 atom stereocenters. The third kappa shape index (κ3) is 4.71. The van der Waals surface area contributed by atoms with E-state index in [2.05, 4.69) is 36.1 Å². The van der Waals surface area contributed by atoms with Crippen LogP contribution in [0, 0.1) is 5.92 Å². The van der Waals surface area contributed by atoms with Gasteiger partial charge in [0.15, 0.2) is 0 Å². The van der Waals surface area contributed by atoms with Gasteiger partial charge in [0, 0.05) is 18.6 Å². The second-order valence-electron chi connectivity index (χ2n) is 4.61. The lowest BCUT2D eigenvalue weighted by Crippen LogP contribution is -2.23. The molecule has 1 N–H and O–H groups in total. The number of nitrogens with one attached hydrogen (secondary N) is 1. The highest BCUT2D eigenvalue weighted by Gasteiger charge is 2.12. The standard InChI is InChI=1S/C13H23N3/c1-4-7-15-12(6-5-11(2)3)13-10-14-8-9-16-13/h8-12,15H,4-7H2,1-3H3. The van der Waals surface area contributed by atoms with E-state index in [4.69, 9.17) is 0 Å². The second-order valence-corrected chi connectivity index (χ2v) is 4.61. The maximum atomic E-state index is 4.38. The normalized spacial score (nSPS) is 13.0. The molecule has 3 nitrogen and oxygen atoms in total. The van der Waals surface area contributed by atoms with E-state index in [-0.39, 0.29) is 0 Å². The zero-order valence-corrected chi connectivity index (χ0v) is 10.6. The molecule has 0 aliphatic carbocycles. The summed E-state index contributed by atoms with van der Waals surface area (Å²) in [6, 6.07) is 0.357. The molecule has 0 aliphatic rings. The molecule has 1 unspecified atom stereocenters. The molecule has 0 aromatic carbocycles. The quantitative estimate of drug-likeness (QED) is 0.769. The molecule has 1 heterocycles. The average molecular weight is 221 g/mol. The molecule has 0 aliphatic heterocycles. The van der Waals surface area contributed by atoms with Gasteiger partial charge in [-0.25, -0.2) is 0 Å². The molecule has 3 heteroatoms. The molecule has 16 heavy (non-hydrogen) atoms. The van der Waals surface area contributed by atoms with E-state index in [1.54, 1.807) is 12.4 Å². The fourth-order valence-corrected chi connectivity index (χ4v) is 1.66. The van der Waals surface area contributed by atoms with E-state index in [0.717, 1.165) is 31.0 Å². The number of rotatable bonds is 7. The van der Waals surface area contributed by atoms with Crippen LogP contribution in [0.25, 0.3) is 0 Å². The predicted molar refractivity (Wildman–Crippen MR) is 67.1 cm³/mol. The smallest absolute Gasteiger partial charge is 0.0756 e. The SMILES string of the molecule is CCCNC(CCC(C)C)c1cnccn1. The summed E-state index contributed by atoms with van der Waals surface area (Å²) >= 11 is 0. The minimum atomic E-state index is 0.357. The van der Waals surface area contributed by atoms with Crippen LogP contribution in [0.5, 0.6) is 0 Å². The highest BCUT2D eigenvalue weighted by molar-refractivity contribution is 5.02. The van der Waals surface area contributed by atoms with Gasteiger partial charge < -0.3 is 5.32 Å². The van der Waals surface area contributed by atoms with Crippen LogP contribution in [0.3, 0.4) is 0 Å². The maximum absolute atomic E-state index is 4.38. The van der Waals surface area contributed by atoms with Gasteiger partial charge in [-0.15, -0.1) is 0 Å². The van der Waals surface area contributed by atoms with E-state index in [1.807, 2.05) is 6.20 Å². The van der Waals surface area contributed by atoms with Crippen molar-refractivity contribution in [1.29, 1.82) is 0 Å². The Hall–Kier alpha value is -0.960. The molecule has 1 rings (SSSR count). The van der Waals surface area contributed by atoms with Gasteiger partial charge in [-0.1, -0.05) is 20.8 Å². The van der Waals surface area contributed by atoms with Crippen molar-refractivity contribution in [3.8, 4) is 0 Å². The van der Waals surface area contributed by atoms with Crippen molar-refractivity contribution in [2.75, 3.05) is 6.54 Å². The zero-order valence-electron chi connectivity index (χ0n) is 10.6. The van der Waals surface area contributed by atoms with Crippen molar-refractivity contribution in [3.05, 3.63) is 24.3 Å². The molecule has 0 spiro atoms. The number of nitrogens with zero attached hydrogens (tertiary/aromatic N) is 2. The predicted octanol–water partition coefficient (Wildman–Crippen LogP) is 2.95. The third-order valence-corrected chi connectivity index (χ3v) is 2.61. The van der Waals surface area contributed by atoms with Crippen molar-refractivity contribution in [3.63, 3.8) is 0 Å². The first-order valence-corrected chi connectivity index (χ1v) is 6.23.